The molecule has 1 N–H and O–H groups in total. The summed E-state index contributed by atoms with van der Waals surface area (Å²) in [7, 11) is 0. The molecule has 1 aromatic heterocycles. The number of aryl methyl sites for hydroxylation is 1. The Morgan fingerprint density at radius 2 is 2.07 bits per heavy atom. The fraction of sp³-hybridized carbons (Fsp3) is 0.364. The molecule has 2 heterocycles. The van der Waals surface area contributed by atoms with Crippen molar-refractivity contribution in [1.29, 1.82) is 0 Å². The van der Waals surface area contributed by atoms with Crippen molar-refractivity contribution in [2.75, 3.05) is 18.0 Å². The van der Waals surface area contributed by atoms with Gasteiger partial charge in [0.05, 0.1) is 30.8 Å². The van der Waals surface area contributed by atoms with Crippen LogP contribution in [0.2, 0.25) is 0 Å². The molecule has 30 heavy (non-hydrogen) atoms. The smallest absolute Gasteiger partial charge is 0.414 e. The van der Waals surface area contributed by atoms with Crippen LogP contribution in [0.25, 0.3) is 0 Å². The summed E-state index contributed by atoms with van der Waals surface area (Å²) in [6.45, 7) is 1.97. The highest BCUT2D eigenvalue weighted by atomic mass is 16.6. The van der Waals surface area contributed by atoms with E-state index in [2.05, 4.69) is 5.32 Å². The van der Waals surface area contributed by atoms with Gasteiger partial charge in [0.2, 0.25) is 5.91 Å². The van der Waals surface area contributed by atoms with Crippen molar-refractivity contribution >= 4 is 29.3 Å². The highest BCUT2D eigenvalue weighted by Gasteiger charge is 2.35. The van der Waals surface area contributed by atoms with Crippen LogP contribution in [0.3, 0.4) is 0 Å². The van der Waals surface area contributed by atoms with E-state index in [0.29, 0.717) is 42.6 Å². The van der Waals surface area contributed by atoms with Crippen molar-refractivity contribution in [3.8, 4) is 0 Å². The molecule has 1 aliphatic carbocycles. The highest BCUT2D eigenvalue weighted by Crippen LogP contribution is 2.31. The second-order valence-corrected chi connectivity index (χ2v) is 7.58. The molecule has 1 aromatic carbocycles. The number of nitrogens with zero attached hydrogens (tertiary/aromatic N) is 1. The zero-order chi connectivity index (χ0) is 21.3. The fourth-order valence-corrected chi connectivity index (χ4v) is 3.96. The van der Waals surface area contributed by atoms with Crippen molar-refractivity contribution in [3.63, 3.8) is 0 Å². The van der Waals surface area contributed by atoms with Crippen molar-refractivity contribution in [1.82, 2.24) is 5.32 Å². The Kier molecular flexibility index (Phi) is 5.39. The Morgan fingerprint density at radius 1 is 1.23 bits per heavy atom. The number of carbonyl (C=O) groups excluding carboxylic acids is 4. The molecule has 0 spiro atoms. The number of anilines is 1. The van der Waals surface area contributed by atoms with Crippen LogP contribution in [0.1, 0.15) is 46.0 Å². The molecule has 1 aliphatic heterocycles. The monoisotopic (exact) mass is 410 g/mol. The van der Waals surface area contributed by atoms with Gasteiger partial charge in [-0.05, 0) is 49.1 Å². The third-order valence-corrected chi connectivity index (χ3v) is 5.50. The molecule has 0 saturated carbocycles. The Balaban J connectivity index is 1.53. The van der Waals surface area contributed by atoms with Gasteiger partial charge in [0.1, 0.15) is 12.4 Å². The number of benzene rings is 1. The third-order valence-electron chi connectivity index (χ3n) is 5.50. The number of cyclic esters (lactones) is 1. The van der Waals surface area contributed by atoms with Gasteiger partial charge in [-0.1, -0.05) is 0 Å². The van der Waals surface area contributed by atoms with Crippen molar-refractivity contribution < 1.29 is 28.3 Å². The summed E-state index contributed by atoms with van der Waals surface area (Å²) in [4.78, 5) is 50.6. The Hall–Kier alpha value is -3.42. The van der Waals surface area contributed by atoms with Crippen LogP contribution < -0.4 is 10.2 Å². The first-order chi connectivity index (χ1) is 14.4. The quantitative estimate of drug-likeness (QED) is 0.462. The van der Waals surface area contributed by atoms with Gasteiger partial charge in [-0.25, -0.2) is 4.79 Å². The van der Waals surface area contributed by atoms with E-state index < -0.39 is 18.1 Å². The molecule has 2 amide bonds. The van der Waals surface area contributed by atoms with E-state index in [-0.39, 0.29) is 24.0 Å². The zero-order valence-corrected chi connectivity index (χ0v) is 16.6. The van der Waals surface area contributed by atoms with Crippen LogP contribution in [0, 0.1) is 5.92 Å². The predicted molar refractivity (Wildman–Crippen MR) is 107 cm³/mol. The summed E-state index contributed by atoms with van der Waals surface area (Å²) in [6.07, 6.45) is 3.66. The minimum absolute atomic E-state index is 0.187. The lowest BCUT2D eigenvalue weighted by Crippen LogP contribution is -2.33. The Labute approximate surface area is 173 Å². The molecule has 8 heteroatoms. The first-order valence-corrected chi connectivity index (χ1v) is 9.90. The SMILES string of the molecule is CC(=O)NC[C@H]1CN(c2ccc3c(c2)CCC[C@@H](C(=O)c2ccoc2)C3=O)C(=O)O1. The van der Waals surface area contributed by atoms with E-state index in [9.17, 15) is 19.2 Å². The van der Waals surface area contributed by atoms with E-state index >= 15 is 0 Å². The minimum Gasteiger partial charge on any atom is -0.472 e. The number of hydrogen-bond acceptors (Lipinski definition) is 6. The van der Waals surface area contributed by atoms with Gasteiger partial charge >= 0.3 is 6.09 Å². The van der Waals surface area contributed by atoms with Gasteiger partial charge in [0.25, 0.3) is 0 Å². The largest absolute Gasteiger partial charge is 0.472 e. The van der Waals surface area contributed by atoms with E-state index in [1.54, 1.807) is 18.2 Å². The maximum Gasteiger partial charge on any atom is 0.414 e. The van der Waals surface area contributed by atoms with Crippen molar-refractivity contribution in [3.05, 3.63) is 53.5 Å². The summed E-state index contributed by atoms with van der Waals surface area (Å²) in [5.74, 6) is -1.34. The molecule has 0 bridgehead atoms. The number of amides is 2. The van der Waals surface area contributed by atoms with E-state index in [1.165, 1.54) is 24.3 Å². The number of hydrogen-bond donors (Lipinski definition) is 1. The van der Waals surface area contributed by atoms with Crippen LogP contribution in [0.4, 0.5) is 10.5 Å². The topological polar surface area (TPSA) is 106 Å². The van der Waals surface area contributed by atoms with Gasteiger partial charge in [0.15, 0.2) is 11.6 Å². The van der Waals surface area contributed by atoms with Crippen LogP contribution in [0.15, 0.2) is 41.2 Å². The number of rotatable bonds is 5. The lowest BCUT2D eigenvalue weighted by Gasteiger charge is -2.16. The standard InChI is InChI=1S/C22H22N2O6/c1-13(25)23-10-17-11-24(22(28)30-17)16-5-6-18-14(9-16)3-2-4-19(21(18)27)20(26)15-7-8-29-12-15/h5-9,12,17,19H,2-4,10-11H2,1H3,(H,23,25)/t17-,19-/m0/s1. The molecule has 156 valence electrons. The van der Waals surface area contributed by atoms with Crippen LogP contribution in [-0.2, 0) is 16.0 Å². The molecule has 2 atom stereocenters. The van der Waals surface area contributed by atoms with Gasteiger partial charge in [0, 0.05) is 18.2 Å². The molecule has 8 nitrogen and oxygen atoms in total. The van der Waals surface area contributed by atoms with Gasteiger partial charge in [-0.3, -0.25) is 19.3 Å². The van der Waals surface area contributed by atoms with Gasteiger partial charge < -0.3 is 14.5 Å². The first-order valence-electron chi connectivity index (χ1n) is 9.90. The number of ketones is 2. The number of fused-ring (bicyclic) bond motifs is 1. The zero-order valence-electron chi connectivity index (χ0n) is 16.6. The Bertz CT molecular complexity index is 997. The van der Waals surface area contributed by atoms with Crippen molar-refractivity contribution in [2.45, 2.75) is 32.3 Å². The van der Waals surface area contributed by atoms with Gasteiger partial charge in [-0.2, -0.15) is 0 Å². The maximum atomic E-state index is 13.1. The normalized spacial score (nSPS) is 21.0. The first kappa shape index (κ1) is 19.9. The van der Waals surface area contributed by atoms with Crippen molar-refractivity contribution in [2.24, 2.45) is 5.92 Å². The fourth-order valence-electron chi connectivity index (χ4n) is 3.96. The maximum absolute atomic E-state index is 13.1. The van der Waals surface area contributed by atoms with E-state index in [0.717, 1.165) is 5.56 Å². The highest BCUT2D eigenvalue weighted by molar-refractivity contribution is 6.16. The lowest BCUT2D eigenvalue weighted by atomic mass is 9.89. The molecular weight excluding hydrogens is 388 g/mol. The molecule has 4 rings (SSSR count). The summed E-state index contributed by atoms with van der Waals surface area (Å²) in [5.41, 5.74) is 2.37. The molecule has 0 unspecified atom stereocenters. The lowest BCUT2D eigenvalue weighted by molar-refractivity contribution is -0.119. The molecule has 2 aromatic rings. The average Bonchev–Trinajstić information content (AvgIpc) is 3.35. The van der Waals surface area contributed by atoms with Crippen LogP contribution in [0.5, 0.6) is 0 Å². The molecule has 0 radical (unpaired) electrons. The second-order valence-electron chi connectivity index (χ2n) is 7.58. The number of nitrogens with one attached hydrogen (secondary N) is 1. The second kappa shape index (κ2) is 8.14. The number of Topliss-reactive ketones (excluding diaryl/α,β-unsaturated/α-hetero) is 2. The Morgan fingerprint density at radius 3 is 2.80 bits per heavy atom. The summed E-state index contributed by atoms with van der Waals surface area (Å²) < 4.78 is 10.3. The number of carbonyl (C=O) groups is 4. The molecular formula is C22H22N2O6. The average molecular weight is 410 g/mol. The summed E-state index contributed by atoms with van der Waals surface area (Å²) >= 11 is 0. The van der Waals surface area contributed by atoms with Crippen LogP contribution in [-0.4, -0.2) is 42.8 Å². The van der Waals surface area contributed by atoms with Gasteiger partial charge in [-0.15, -0.1) is 0 Å². The third kappa shape index (κ3) is 3.85. The molecule has 1 fully saturated rings. The molecule has 1 saturated heterocycles. The summed E-state index contributed by atoms with van der Waals surface area (Å²) in [6, 6.07) is 6.77. The predicted octanol–water partition coefficient (Wildman–Crippen LogP) is 2.76. The summed E-state index contributed by atoms with van der Waals surface area (Å²) in [5, 5.41) is 2.64. The minimum atomic E-state index is -0.728. The van der Waals surface area contributed by atoms with Crippen LogP contribution >= 0.6 is 0 Å². The molecule has 2 aliphatic rings. The van der Waals surface area contributed by atoms with E-state index in [1.807, 2.05) is 6.07 Å². The van der Waals surface area contributed by atoms with E-state index in [4.69, 9.17) is 9.15 Å². The number of ether oxygens (including phenoxy) is 1. The number of furan rings is 1.